The first kappa shape index (κ1) is 12.5. The van der Waals surface area contributed by atoms with Gasteiger partial charge in [-0.3, -0.25) is 9.69 Å². The van der Waals surface area contributed by atoms with Gasteiger partial charge < -0.3 is 5.11 Å². The SMILES string of the molecule is CCC[C@@H](C)[C@H]1CCCN1CCC(=O)O. The summed E-state index contributed by atoms with van der Waals surface area (Å²) in [4.78, 5) is 12.9. The molecule has 1 aliphatic rings. The van der Waals surface area contributed by atoms with E-state index in [1.54, 1.807) is 0 Å². The minimum Gasteiger partial charge on any atom is -0.481 e. The second-order valence-electron chi connectivity index (χ2n) is 4.66. The first-order valence-corrected chi connectivity index (χ1v) is 6.11. The second kappa shape index (κ2) is 6.11. The number of hydrogen-bond acceptors (Lipinski definition) is 2. The van der Waals surface area contributed by atoms with Gasteiger partial charge in [0, 0.05) is 12.6 Å². The maximum Gasteiger partial charge on any atom is 0.304 e. The van der Waals surface area contributed by atoms with Gasteiger partial charge in [0.05, 0.1) is 6.42 Å². The molecule has 1 rings (SSSR count). The van der Waals surface area contributed by atoms with E-state index in [4.69, 9.17) is 5.11 Å². The lowest BCUT2D eigenvalue weighted by molar-refractivity contribution is -0.137. The summed E-state index contributed by atoms with van der Waals surface area (Å²) >= 11 is 0. The third kappa shape index (κ3) is 3.82. The number of likely N-dealkylation sites (tertiary alicyclic amines) is 1. The van der Waals surface area contributed by atoms with Crippen molar-refractivity contribution in [2.45, 2.75) is 52.0 Å². The number of nitrogens with zero attached hydrogens (tertiary/aromatic N) is 1. The van der Waals surface area contributed by atoms with Gasteiger partial charge in [-0.1, -0.05) is 20.3 Å². The normalized spacial score (nSPS) is 24.3. The molecular formula is C12H23NO2. The topological polar surface area (TPSA) is 40.5 Å². The summed E-state index contributed by atoms with van der Waals surface area (Å²) in [6.07, 6.45) is 5.26. The minimum atomic E-state index is -0.677. The zero-order valence-corrected chi connectivity index (χ0v) is 9.91. The Morgan fingerprint density at radius 3 is 2.93 bits per heavy atom. The number of carboxylic acids is 1. The Bertz CT molecular complexity index is 206. The van der Waals surface area contributed by atoms with Crippen LogP contribution in [0.2, 0.25) is 0 Å². The van der Waals surface area contributed by atoms with Crippen LogP contribution < -0.4 is 0 Å². The van der Waals surface area contributed by atoms with Crippen LogP contribution in [0.15, 0.2) is 0 Å². The van der Waals surface area contributed by atoms with E-state index in [-0.39, 0.29) is 6.42 Å². The molecule has 0 amide bonds. The van der Waals surface area contributed by atoms with Crippen molar-refractivity contribution in [3.8, 4) is 0 Å². The summed E-state index contributed by atoms with van der Waals surface area (Å²) in [5, 5.41) is 8.68. The van der Waals surface area contributed by atoms with Gasteiger partial charge in [0.1, 0.15) is 0 Å². The highest BCUT2D eigenvalue weighted by atomic mass is 16.4. The van der Waals surface area contributed by atoms with Crippen molar-refractivity contribution in [3.05, 3.63) is 0 Å². The summed E-state index contributed by atoms with van der Waals surface area (Å²) in [6.45, 7) is 6.33. The lowest BCUT2D eigenvalue weighted by Gasteiger charge is -2.28. The standard InChI is InChI=1S/C12H23NO2/c1-3-5-10(2)11-6-4-8-13(11)9-7-12(14)15/h10-11H,3-9H2,1-2H3,(H,14,15)/t10-,11-/m1/s1. The van der Waals surface area contributed by atoms with Crippen molar-refractivity contribution in [2.75, 3.05) is 13.1 Å². The van der Waals surface area contributed by atoms with E-state index in [0.29, 0.717) is 12.0 Å². The molecule has 3 nitrogen and oxygen atoms in total. The minimum absolute atomic E-state index is 0.287. The Morgan fingerprint density at radius 2 is 2.33 bits per heavy atom. The average Bonchev–Trinajstić information content (AvgIpc) is 2.62. The molecule has 0 aliphatic carbocycles. The van der Waals surface area contributed by atoms with Crippen LogP contribution in [0.4, 0.5) is 0 Å². The Hall–Kier alpha value is -0.570. The molecule has 0 bridgehead atoms. The van der Waals surface area contributed by atoms with Crippen molar-refractivity contribution in [1.82, 2.24) is 4.90 Å². The van der Waals surface area contributed by atoms with Crippen LogP contribution in [0.25, 0.3) is 0 Å². The molecular weight excluding hydrogens is 190 g/mol. The van der Waals surface area contributed by atoms with Crippen molar-refractivity contribution in [3.63, 3.8) is 0 Å². The van der Waals surface area contributed by atoms with Crippen LogP contribution >= 0.6 is 0 Å². The Labute approximate surface area is 92.5 Å². The fraction of sp³-hybridized carbons (Fsp3) is 0.917. The van der Waals surface area contributed by atoms with Crippen molar-refractivity contribution >= 4 is 5.97 Å². The third-order valence-electron chi connectivity index (χ3n) is 3.43. The molecule has 88 valence electrons. The largest absolute Gasteiger partial charge is 0.481 e. The summed E-state index contributed by atoms with van der Waals surface area (Å²) in [7, 11) is 0. The maximum absolute atomic E-state index is 10.5. The van der Waals surface area contributed by atoms with Gasteiger partial charge >= 0.3 is 5.97 Å². The number of hydrogen-bond donors (Lipinski definition) is 1. The van der Waals surface area contributed by atoms with E-state index in [1.165, 1.54) is 25.7 Å². The van der Waals surface area contributed by atoms with Crippen LogP contribution in [0.1, 0.15) is 46.0 Å². The highest BCUT2D eigenvalue weighted by molar-refractivity contribution is 5.66. The molecule has 0 unspecified atom stereocenters. The monoisotopic (exact) mass is 213 g/mol. The van der Waals surface area contributed by atoms with Crippen LogP contribution in [0.5, 0.6) is 0 Å². The lowest BCUT2D eigenvalue weighted by Crippen LogP contribution is -2.35. The van der Waals surface area contributed by atoms with Crippen LogP contribution in [-0.2, 0) is 4.79 Å². The van der Waals surface area contributed by atoms with Gasteiger partial charge in [-0.05, 0) is 31.7 Å². The fourth-order valence-corrected chi connectivity index (χ4v) is 2.66. The molecule has 0 aromatic rings. The van der Waals surface area contributed by atoms with Crippen LogP contribution in [0, 0.1) is 5.92 Å². The molecule has 0 saturated carbocycles. The lowest BCUT2D eigenvalue weighted by atomic mass is 9.95. The first-order chi connectivity index (χ1) is 7.15. The maximum atomic E-state index is 10.5. The third-order valence-corrected chi connectivity index (χ3v) is 3.43. The second-order valence-corrected chi connectivity index (χ2v) is 4.66. The molecule has 0 aromatic carbocycles. The number of carbonyl (C=O) groups is 1. The molecule has 0 aromatic heterocycles. The highest BCUT2D eigenvalue weighted by Crippen LogP contribution is 2.26. The van der Waals surface area contributed by atoms with E-state index < -0.39 is 5.97 Å². The molecule has 3 heteroatoms. The van der Waals surface area contributed by atoms with Crippen molar-refractivity contribution in [1.29, 1.82) is 0 Å². The van der Waals surface area contributed by atoms with E-state index in [0.717, 1.165) is 13.1 Å². The number of carboxylic acid groups (broad SMARTS) is 1. The molecule has 0 radical (unpaired) electrons. The molecule has 1 saturated heterocycles. The quantitative estimate of drug-likeness (QED) is 0.736. The van der Waals surface area contributed by atoms with Crippen LogP contribution in [-0.4, -0.2) is 35.1 Å². The van der Waals surface area contributed by atoms with Gasteiger partial charge in [0.25, 0.3) is 0 Å². The zero-order chi connectivity index (χ0) is 11.3. The molecule has 0 spiro atoms. The Morgan fingerprint density at radius 1 is 1.60 bits per heavy atom. The average molecular weight is 213 g/mol. The van der Waals surface area contributed by atoms with Crippen molar-refractivity contribution in [2.24, 2.45) is 5.92 Å². The summed E-state index contributed by atoms with van der Waals surface area (Å²) in [6, 6.07) is 0.629. The van der Waals surface area contributed by atoms with Gasteiger partial charge in [-0.2, -0.15) is 0 Å². The molecule has 15 heavy (non-hydrogen) atoms. The first-order valence-electron chi connectivity index (χ1n) is 6.11. The fourth-order valence-electron chi connectivity index (χ4n) is 2.66. The summed E-state index contributed by atoms with van der Waals surface area (Å²) < 4.78 is 0. The van der Waals surface area contributed by atoms with Crippen molar-refractivity contribution < 1.29 is 9.90 Å². The van der Waals surface area contributed by atoms with Gasteiger partial charge in [0.2, 0.25) is 0 Å². The van der Waals surface area contributed by atoms with Crippen LogP contribution in [0.3, 0.4) is 0 Å². The predicted octanol–water partition coefficient (Wildman–Crippen LogP) is 2.36. The Balaban J connectivity index is 2.38. The summed E-state index contributed by atoms with van der Waals surface area (Å²) in [5.74, 6) is 0.0371. The molecule has 1 fully saturated rings. The smallest absolute Gasteiger partial charge is 0.304 e. The molecule has 1 N–H and O–H groups in total. The van der Waals surface area contributed by atoms with E-state index >= 15 is 0 Å². The number of rotatable bonds is 6. The highest BCUT2D eigenvalue weighted by Gasteiger charge is 2.28. The zero-order valence-electron chi connectivity index (χ0n) is 9.91. The Kier molecular flexibility index (Phi) is 5.09. The summed E-state index contributed by atoms with van der Waals surface area (Å²) in [5.41, 5.74) is 0. The number of aliphatic carboxylic acids is 1. The van der Waals surface area contributed by atoms with E-state index in [1.807, 2.05) is 0 Å². The molecule has 1 heterocycles. The predicted molar refractivity (Wildman–Crippen MR) is 60.9 cm³/mol. The van der Waals surface area contributed by atoms with E-state index in [9.17, 15) is 4.79 Å². The van der Waals surface area contributed by atoms with Gasteiger partial charge in [0.15, 0.2) is 0 Å². The van der Waals surface area contributed by atoms with Gasteiger partial charge in [-0.25, -0.2) is 0 Å². The molecule has 2 atom stereocenters. The van der Waals surface area contributed by atoms with E-state index in [2.05, 4.69) is 18.7 Å². The molecule has 1 aliphatic heterocycles. The van der Waals surface area contributed by atoms with Gasteiger partial charge in [-0.15, -0.1) is 0 Å².